The van der Waals surface area contributed by atoms with Gasteiger partial charge in [0.2, 0.25) is 0 Å². The van der Waals surface area contributed by atoms with Crippen molar-refractivity contribution in [3.05, 3.63) is 29.6 Å². The van der Waals surface area contributed by atoms with Gasteiger partial charge in [0.1, 0.15) is 11.6 Å². The van der Waals surface area contributed by atoms with E-state index < -0.39 is 0 Å². The molecular formula is C12H17FO. The van der Waals surface area contributed by atoms with E-state index in [1.165, 1.54) is 12.1 Å². The van der Waals surface area contributed by atoms with Crippen molar-refractivity contribution in [2.24, 2.45) is 5.92 Å². The van der Waals surface area contributed by atoms with Crippen LogP contribution in [-0.4, -0.2) is 6.61 Å². The molecule has 0 saturated carbocycles. The summed E-state index contributed by atoms with van der Waals surface area (Å²) >= 11 is 0. The molecule has 0 unspecified atom stereocenters. The summed E-state index contributed by atoms with van der Waals surface area (Å²) < 4.78 is 18.3. The van der Waals surface area contributed by atoms with Crippen LogP contribution < -0.4 is 4.74 Å². The maximum Gasteiger partial charge on any atom is 0.123 e. The van der Waals surface area contributed by atoms with E-state index in [4.69, 9.17) is 4.74 Å². The molecule has 0 heterocycles. The Morgan fingerprint density at radius 2 is 2.07 bits per heavy atom. The third kappa shape index (κ3) is 3.36. The van der Waals surface area contributed by atoms with E-state index in [0.29, 0.717) is 12.5 Å². The van der Waals surface area contributed by atoms with Crippen LogP contribution in [0.1, 0.15) is 25.8 Å². The smallest absolute Gasteiger partial charge is 0.123 e. The quantitative estimate of drug-likeness (QED) is 0.715. The van der Waals surface area contributed by atoms with Crippen LogP contribution in [0.2, 0.25) is 0 Å². The van der Waals surface area contributed by atoms with Crippen molar-refractivity contribution >= 4 is 0 Å². The third-order valence-electron chi connectivity index (χ3n) is 2.09. The van der Waals surface area contributed by atoms with Gasteiger partial charge in [-0.1, -0.05) is 13.8 Å². The number of hydrogen-bond donors (Lipinski definition) is 0. The Morgan fingerprint density at radius 3 is 2.64 bits per heavy atom. The Bertz CT molecular complexity index is 294. The molecule has 1 nitrogen and oxygen atoms in total. The third-order valence-corrected chi connectivity index (χ3v) is 2.09. The lowest BCUT2D eigenvalue weighted by Crippen LogP contribution is -2.02. The molecule has 1 rings (SSSR count). The van der Waals surface area contributed by atoms with Gasteiger partial charge in [0.05, 0.1) is 6.61 Å². The molecule has 1 aromatic rings. The van der Waals surface area contributed by atoms with Gasteiger partial charge in [-0.25, -0.2) is 4.39 Å². The van der Waals surface area contributed by atoms with Gasteiger partial charge in [-0.15, -0.1) is 0 Å². The van der Waals surface area contributed by atoms with Gasteiger partial charge in [0.15, 0.2) is 0 Å². The highest BCUT2D eigenvalue weighted by Gasteiger charge is 2.01. The summed E-state index contributed by atoms with van der Waals surface area (Å²) in [6.07, 6.45) is 1.02. The highest BCUT2D eigenvalue weighted by atomic mass is 19.1. The van der Waals surface area contributed by atoms with Crippen LogP contribution in [0.3, 0.4) is 0 Å². The van der Waals surface area contributed by atoms with Crippen molar-refractivity contribution in [1.82, 2.24) is 0 Å². The summed E-state index contributed by atoms with van der Waals surface area (Å²) in [5, 5.41) is 0. The first kappa shape index (κ1) is 11.0. The lowest BCUT2D eigenvalue weighted by molar-refractivity contribution is 0.287. The largest absolute Gasteiger partial charge is 0.493 e. The van der Waals surface area contributed by atoms with Crippen LogP contribution in [-0.2, 0) is 0 Å². The molecule has 14 heavy (non-hydrogen) atoms. The predicted molar refractivity (Wildman–Crippen MR) is 56.1 cm³/mol. The van der Waals surface area contributed by atoms with Crippen molar-refractivity contribution in [2.75, 3.05) is 6.61 Å². The van der Waals surface area contributed by atoms with Crippen LogP contribution in [0, 0.1) is 18.7 Å². The van der Waals surface area contributed by atoms with E-state index in [1.54, 1.807) is 6.07 Å². The van der Waals surface area contributed by atoms with Gasteiger partial charge in [-0.3, -0.25) is 0 Å². The molecule has 0 aliphatic carbocycles. The molecule has 0 radical (unpaired) electrons. The Labute approximate surface area is 84.9 Å². The average Bonchev–Trinajstić information content (AvgIpc) is 2.08. The summed E-state index contributed by atoms with van der Waals surface area (Å²) in [5.41, 5.74) is 0.855. The fraction of sp³-hybridized carbons (Fsp3) is 0.500. The predicted octanol–water partition coefficient (Wildman–Crippen LogP) is 3.56. The van der Waals surface area contributed by atoms with Gasteiger partial charge in [-0.05, 0) is 43.0 Å². The van der Waals surface area contributed by atoms with Gasteiger partial charge in [0.25, 0.3) is 0 Å². The average molecular weight is 196 g/mol. The van der Waals surface area contributed by atoms with E-state index in [1.807, 2.05) is 6.92 Å². The fourth-order valence-corrected chi connectivity index (χ4v) is 1.18. The highest BCUT2D eigenvalue weighted by Crippen LogP contribution is 2.18. The summed E-state index contributed by atoms with van der Waals surface area (Å²) in [5.74, 6) is 1.21. The molecule has 0 aliphatic heterocycles. The summed E-state index contributed by atoms with van der Waals surface area (Å²) in [6, 6.07) is 4.60. The lowest BCUT2D eigenvalue weighted by Gasteiger charge is -2.10. The molecule has 78 valence electrons. The van der Waals surface area contributed by atoms with Crippen LogP contribution in [0.5, 0.6) is 5.75 Å². The Kier molecular flexibility index (Phi) is 3.93. The summed E-state index contributed by atoms with van der Waals surface area (Å²) in [7, 11) is 0. The zero-order valence-corrected chi connectivity index (χ0v) is 9.01. The van der Waals surface area contributed by atoms with Gasteiger partial charge in [-0.2, -0.15) is 0 Å². The topological polar surface area (TPSA) is 9.23 Å². The maximum atomic E-state index is 12.7. The molecule has 0 atom stereocenters. The molecule has 0 saturated heterocycles. The number of halogens is 1. The molecule has 1 aromatic carbocycles. The zero-order chi connectivity index (χ0) is 10.6. The number of aryl methyl sites for hydroxylation is 1. The van der Waals surface area contributed by atoms with E-state index in [-0.39, 0.29) is 5.82 Å². The molecular weight excluding hydrogens is 179 g/mol. The Hall–Kier alpha value is -1.05. The highest BCUT2D eigenvalue weighted by molar-refractivity contribution is 5.32. The monoisotopic (exact) mass is 196 g/mol. The molecule has 0 amide bonds. The van der Waals surface area contributed by atoms with Gasteiger partial charge >= 0.3 is 0 Å². The van der Waals surface area contributed by atoms with Gasteiger partial charge in [0, 0.05) is 0 Å². The molecule has 0 fully saturated rings. The molecule has 0 N–H and O–H groups in total. The summed E-state index contributed by atoms with van der Waals surface area (Å²) in [6.45, 7) is 6.86. The molecule has 0 aromatic heterocycles. The summed E-state index contributed by atoms with van der Waals surface area (Å²) in [4.78, 5) is 0. The number of rotatable bonds is 4. The molecule has 2 heteroatoms. The second kappa shape index (κ2) is 4.99. The number of benzene rings is 1. The van der Waals surface area contributed by atoms with Gasteiger partial charge < -0.3 is 4.74 Å². The van der Waals surface area contributed by atoms with Crippen molar-refractivity contribution in [2.45, 2.75) is 27.2 Å². The zero-order valence-electron chi connectivity index (χ0n) is 9.01. The normalized spacial score (nSPS) is 10.6. The van der Waals surface area contributed by atoms with Crippen molar-refractivity contribution in [1.29, 1.82) is 0 Å². The lowest BCUT2D eigenvalue weighted by atomic mass is 10.1. The van der Waals surface area contributed by atoms with E-state index in [9.17, 15) is 4.39 Å². The van der Waals surface area contributed by atoms with E-state index in [2.05, 4.69) is 13.8 Å². The van der Waals surface area contributed by atoms with E-state index in [0.717, 1.165) is 17.7 Å². The maximum absolute atomic E-state index is 12.7. The van der Waals surface area contributed by atoms with Crippen LogP contribution >= 0.6 is 0 Å². The fourth-order valence-electron chi connectivity index (χ4n) is 1.18. The van der Waals surface area contributed by atoms with Crippen molar-refractivity contribution < 1.29 is 9.13 Å². The second-order valence-corrected chi connectivity index (χ2v) is 3.94. The minimum absolute atomic E-state index is 0.210. The first-order valence-corrected chi connectivity index (χ1v) is 4.98. The SMILES string of the molecule is Cc1cc(F)ccc1OCCC(C)C. The number of ether oxygens (including phenoxy) is 1. The van der Waals surface area contributed by atoms with E-state index >= 15 is 0 Å². The molecule has 0 bridgehead atoms. The minimum Gasteiger partial charge on any atom is -0.493 e. The van der Waals surface area contributed by atoms with Crippen LogP contribution in [0.4, 0.5) is 4.39 Å². The van der Waals surface area contributed by atoms with Crippen molar-refractivity contribution in [3.8, 4) is 5.75 Å². The first-order chi connectivity index (χ1) is 6.59. The first-order valence-electron chi connectivity index (χ1n) is 4.98. The standard InChI is InChI=1S/C12H17FO/c1-9(2)6-7-14-12-5-4-11(13)8-10(12)3/h4-5,8-9H,6-7H2,1-3H3. The van der Waals surface area contributed by atoms with Crippen molar-refractivity contribution in [3.63, 3.8) is 0 Å². The molecule has 0 aliphatic rings. The Balaban J connectivity index is 2.51. The number of hydrogen-bond acceptors (Lipinski definition) is 1. The second-order valence-electron chi connectivity index (χ2n) is 3.94. The van der Waals surface area contributed by atoms with Crippen LogP contribution in [0.15, 0.2) is 18.2 Å². The van der Waals surface area contributed by atoms with Crippen LogP contribution in [0.25, 0.3) is 0 Å². The minimum atomic E-state index is -0.210. The molecule has 0 spiro atoms. The Morgan fingerprint density at radius 1 is 1.36 bits per heavy atom.